The number of carbonyl (C=O) groups is 1. The molecule has 1 amide bonds. The zero-order chi connectivity index (χ0) is 14.7. The van der Waals surface area contributed by atoms with Gasteiger partial charge in [-0.25, -0.2) is 0 Å². The summed E-state index contributed by atoms with van der Waals surface area (Å²) in [5.41, 5.74) is 6.51. The number of thiophene rings is 1. The lowest BCUT2D eigenvalue weighted by Crippen LogP contribution is -2.34. The van der Waals surface area contributed by atoms with E-state index in [0.29, 0.717) is 22.2 Å². The Morgan fingerprint density at radius 2 is 2.35 bits per heavy atom. The van der Waals surface area contributed by atoms with Crippen LogP contribution in [-0.2, 0) is 0 Å². The fourth-order valence-electron chi connectivity index (χ4n) is 2.69. The number of amides is 1. The molecule has 0 spiro atoms. The quantitative estimate of drug-likeness (QED) is 0.895. The molecule has 112 valence electrons. The van der Waals surface area contributed by atoms with E-state index in [2.05, 4.69) is 17.1 Å². The van der Waals surface area contributed by atoms with Gasteiger partial charge < -0.3 is 20.7 Å². The van der Waals surface area contributed by atoms with Crippen molar-refractivity contribution in [2.45, 2.75) is 26.2 Å². The van der Waals surface area contributed by atoms with Crippen LogP contribution < -0.4 is 20.7 Å². The summed E-state index contributed by atoms with van der Waals surface area (Å²) >= 11 is 1.43. The number of carbonyl (C=O) groups excluding carboxylic acids is 1. The molecule has 20 heavy (non-hydrogen) atoms. The number of anilines is 2. The minimum Gasteiger partial charge on any atom is -0.492 e. The van der Waals surface area contributed by atoms with E-state index < -0.39 is 0 Å². The summed E-state index contributed by atoms with van der Waals surface area (Å²) in [6, 6.07) is 0. The third kappa shape index (κ3) is 2.70. The molecule has 3 N–H and O–H groups in total. The second-order valence-corrected chi connectivity index (χ2v) is 6.12. The fourth-order valence-corrected chi connectivity index (χ4v) is 3.86. The highest BCUT2D eigenvalue weighted by atomic mass is 32.1. The number of hydrogen-bond acceptors (Lipinski definition) is 5. The summed E-state index contributed by atoms with van der Waals surface area (Å²) in [5.74, 6) is 1.20. The lowest BCUT2D eigenvalue weighted by atomic mass is 9.96. The summed E-state index contributed by atoms with van der Waals surface area (Å²) in [4.78, 5) is 14.7. The summed E-state index contributed by atoms with van der Waals surface area (Å²) in [6.45, 7) is 4.24. The first-order valence-electron chi connectivity index (χ1n) is 7.05. The molecule has 6 heteroatoms. The number of nitrogen functional groups attached to an aromatic ring is 1. The van der Waals surface area contributed by atoms with E-state index in [1.807, 2.05) is 0 Å². The monoisotopic (exact) mass is 297 g/mol. The highest BCUT2D eigenvalue weighted by Crippen LogP contribution is 2.45. The molecule has 2 rings (SSSR count). The molecule has 0 aliphatic carbocycles. The van der Waals surface area contributed by atoms with Gasteiger partial charge in [-0.05, 0) is 18.8 Å². The van der Waals surface area contributed by atoms with Crippen molar-refractivity contribution in [1.29, 1.82) is 0 Å². The van der Waals surface area contributed by atoms with E-state index in [0.717, 1.165) is 18.1 Å². The molecule has 1 aromatic rings. The average Bonchev–Trinajstić information content (AvgIpc) is 2.83. The van der Waals surface area contributed by atoms with Crippen LogP contribution in [0.4, 0.5) is 10.7 Å². The second-order valence-electron chi connectivity index (χ2n) is 5.12. The Balaban J connectivity index is 2.33. The van der Waals surface area contributed by atoms with E-state index in [1.165, 1.54) is 30.6 Å². The van der Waals surface area contributed by atoms with Gasteiger partial charge in [-0.2, -0.15) is 0 Å². The molecule has 0 radical (unpaired) electrons. The number of nitrogens with two attached hydrogens (primary N) is 1. The van der Waals surface area contributed by atoms with Crippen LogP contribution in [0.5, 0.6) is 5.75 Å². The molecular weight excluding hydrogens is 274 g/mol. The predicted molar refractivity (Wildman–Crippen MR) is 83.9 cm³/mol. The normalized spacial score (nSPS) is 18.9. The molecule has 1 saturated heterocycles. The smallest absolute Gasteiger partial charge is 0.263 e. The Kier molecular flexibility index (Phi) is 4.75. The predicted octanol–water partition coefficient (Wildman–Crippen LogP) is 2.32. The van der Waals surface area contributed by atoms with Crippen molar-refractivity contribution in [1.82, 2.24) is 5.32 Å². The largest absolute Gasteiger partial charge is 0.492 e. The molecule has 5 nitrogen and oxygen atoms in total. The molecule has 1 atom stereocenters. The van der Waals surface area contributed by atoms with Crippen LogP contribution in [0.2, 0.25) is 0 Å². The van der Waals surface area contributed by atoms with E-state index >= 15 is 0 Å². The molecule has 1 aromatic heterocycles. The number of hydrogen-bond donors (Lipinski definition) is 2. The molecule has 1 aliphatic heterocycles. The number of nitrogens with one attached hydrogen (secondary N) is 1. The van der Waals surface area contributed by atoms with Crippen LogP contribution in [-0.4, -0.2) is 33.2 Å². The first-order valence-corrected chi connectivity index (χ1v) is 7.87. The number of methoxy groups -OCH3 is 1. The molecular formula is C14H23N3O2S. The second kappa shape index (κ2) is 6.35. The van der Waals surface area contributed by atoms with Crippen molar-refractivity contribution in [3.63, 3.8) is 0 Å². The highest BCUT2D eigenvalue weighted by Gasteiger charge is 2.27. The van der Waals surface area contributed by atoms with Gasteiger partial charge in [0.25, 0.3) is 5.91 Å². The first-order chi connectivity index (χ1) is 9.62. The summed E-state index contributed by atoms with van der Waals surface area (Å²) in [7, 11) is 3.22. The maximum atomic E-state index is 11.9. The molecule has 1 fully saturated rings. The molecule has 0 saturated carbocycles. The Labute approximate surface area is 124 Å². The van der Waals surface area contributed by atoms with Gasteiger partial charge in [0, 0.05) is 20.1 Å². The lowest BCUT2D eigenvalue weighted by molar-refractivity contribution is 0.0967. The topological polar surface area (TPSA) is 67.6 Å². The summed E-state index contributed by atoms with van der Waals surface area (Å²) in [6.07, 6.45) is 3.63. The summed E-state index contributed by atoms with van der Waals surface area (Å²) < 4.78 is 5.44. The van der Waals surface area contributed by atoms with Crippen molar-refractivity contribution < 1.29 is 9.53 Å². The minimum atomic E-state index is -0.152. The van der Waals surface area contributed by atoms with Gasteiger partial charge >= 0.3 is 0 Å². The van der Waals surface area contributed by atoms with E-state index in [-0.39, 0.29) is 5.91 Å². The van der Waals surface area contributed by atoms with Crippen LogP contribution in [0.15, 0.2) is 0 Å². The van der Waals surface area contributed by atoms with Crippen LogP contribution >= 0.6 is 11.3 Å². The molecule has 1 unspecified atom stereocenters. The van der Waals surface area contributed by atoms with E-state index in [4.69, 9.17) is 10.5 Å². The van der Waals surface area contributed by atoms with Gasteiger partial charge in [0.1, 0.15) is 15.6 Å². The van der Waals surface area contributed by atoms with Crippen molar-refractivity contribution in [2.24, 2.45) is 5.92 Å². The zero-order valence-electron chi connectivity index (χ0n) is 12.4. The van der Waals surface area contributed by atoms with Gasteiger partial charge in [0.05, 0.1) is 7.11 Å². The highest BCUT2D eigenvalue weighted by molar-refractivity contribution is 7.19. The fraction of sp³-hybridized carbons (Fsp3) is 0.643. The molecule has 0 bridgehead atoms. The van der Waals surface area contributed by atoms with Crippen LogP contribution in [0.3, 0.4) is 0 Å². The van der Waals surface area contributed by atoms with Gasteiger partial charge in [0.2, 0.25) is 0 Å². The third-order valence-corrected chi connectivity index (χ3v) is 5.15. The average molecular weight is 297 g/mol. The molecule has 0 aromatic carbocycles. The summed E-state index contributed by atoms with van der Waals surface area (Å²) in [5, 5.41) is 3.61. The van der Waals surface area contributed by atoms with Gasteiger partial charge in [0.15, 0.2) is 5.75 Å². The Bertz CT molecular complexity index is 487. The maximum absolute atomic E-state index is 11.9. The van der Waals surface area contributed by atoms with Gasteiger partial charge in [-0.15, -0.1) is 11.3 Å². The van der Waals surface area contributed by atoms with Crippen LogP contribution in [0.25, 0.3) is 0 Å². The number of nitrogens with zero attached hydrogens (tertiary/aromatic N) is 1. The number of ether oxygens (including phenoxy) is 1. The maximum Gasteiger partial charge on any atom is 0.263 e. The minimum absolute atomic E-state index is 0.152. The molecule has 2 heterocycles. The van der Waals surface area contributed by atoms with Crippen molar-refractivity contribution in [2.75, 3.05) is 37.9 Å². The van der Waals surface area contributed by atoms with E-state index in [9.17, 15) is 4.79 Å². The standard InChI is InChI=1S/C14H23N3O2S/c1-4-9-6-5-7-17(8-9)14-11(19-3)10(15)12(20-14)13(18)16-2/h9H,4-8,15H2,1-3H3,(H,16,18). The first kappa shape index (κ1) is 15.0. The van der Waals surface area contributed by atoms with E-state index in [1.54, 1.807) is 14.2 Å². The lowest BCUT2D eigenvalue weighted by Gasteiger charge is -2.33. The van der Waals surface area contributed by atoms with Gasteiger partial charge in [-0.1, -0.05) is 13.3 Å². The van der Waals surface area contributed by atoms with Crippen LogP contribution in [0, 0.1) is 5.92 Å². The van der Waals surface area contributed by atoms with Gasteiger partial charge in [-0.3, -0.25) is 4.79 Å². The van der Waals surface area contributed by atoms with Crippen molar-refractivity contribution >= 4 is 27.9 Å². The van der Waals surface area contributed by atoms with Crippen molar-refractivity contribution in [3.05, 3.63) is 4.88 Å². The zero-order valence-corrected chi connectivity index (χ0v) is 13.2. The van der Waals surface area contributed by atoms with Crippen LogP contribution in [0.1, 0.15) is 35.9 Å². The Morgan fingerprint density at radius 1 is 1.60 bits per heavy atom. The number of piperidine rings is 1. The molecule has 1 aliphatic rings. The SMILES string of the molecule is CCC1CCCN(c2sc(C(=O)NC)c(N)c2OC)C1. The van der Waals surface area contributed by atoms with Crippen molar-refractivity contribution in [3.8, 4) is 5.75 Å². The Morgan fingerprint density at radius 3 is 2.95 bits per heavy atom. The number of rotatable bonds is 4. The third-order valence-electron chi connectivity index (χ3n) is 3.90. The Hall–Kier alpha value is -1.43.